The summed E-state index contributed by atoms with van der Waals surface area (Å²) < 4.78 is 22.8. The molecular weight excluding hydrogens is 495 g/mol. The summed E-state index contributed by atoms with van der Waals surface area (Å²) in [5, 5.41) is 3.58. The molecule has 4 heterocycles. The molecule has 10 heteroatoms. The average molecular weight is 526 g/mol. The minimum atomic E-state index is -0.358. The molecule has 0 saturated carbocycles. The fourth-order valence-corrected chi connectivity index (χ4v) is 5.33. The minimum Gasteiger partial charge on any atom is -0.490 e. The second-order valence-corrected chi connectivity index (χ2v) is 9.56. The third-order valence-electron chi connectivity index (χ3n) is 7.04. The normalized spacial score (nSPS) is 19.5. The summed E-state index contributed by atoms with van der Waals surface area (Å²) in [5.41, 5.74) is 6.77. The van der Waals surface area contributed by atoms with Gasteiger partial charge in [0.1, 0.15) is 24.7 Å². The van der Waals surface area contributed by atoms with Gasteiger partial charge >= 0.3 is 5.97 Å². The summed E-state index contributed by atoms with van der Waals surface area (Å²) in [7, 11) is 0. The Bertz CT molecular complexity index is 1340. The molecule has 1 radical (unpaired) electrons. The zero-order chi connectivity index (χ0) is 25.5. The van der Waals surface area contributed by atoms with Gasteiger partial charge in [-0.3, -0.25) is 4.79 Å². The number of ether oxygens (including phenoxy) is 4. The van der Waals surface area contributed by atoms with Gasteiger partial charge in [0, 0.05) is 83.6 Å². The first kappa shape index (κ1) is 26.7. The van der Waals surface area contributed by atoms with Crippen LogP contribution in [0.25, 0.3) is 11.1 Å². The molecule has 0 amide bonds. The first-order chi connectivity index (χ1) is 18.0. The number of morpholine rings is 1. The maximum absolute atomic E-state index is 11.4. The Balaban J connectivity index is 0.00000294. The Morgan fingerprint density at radius 2 is 1.79 bits per heavy atom. The number of aryl methyl sites for hydroxylation is 2. The SMILES string of the molecule is CC(=O)O[C@@H]1COc2cc(N[C@@H]3COc4c(-c5c(C)nc(N6CCOCC6)nc5C)cccc43)ccc21.[Na]. The van der Waals surface area contributed by atoms with Gasteiger partial charge in [-0.05, 0) is 26.0 Å². The number of carbonyl (C=O) groups is 1. The van der Waals surface area contributed by atoms with Crippen molar-refractivity contribution in [1.29, 1.82) is 0 Å². The first-order valence-corrected chi connectivity index (χ1v) is 12.6. The standard InChI is InChI=1S/C28H30N4O5.Na/c1-16-26(17(2)30-28(29-16)32-9-11-34-12-10-32)22-6-4-5-20-23(14-36-27(20)22)31-19-7-8-21-24(13-19)35-15-25(21)37-18(3)33;/h4-8,13,23,25,31H,9-12,14-15H2,1-3H3;/t23-,25-;/m1./s1. The van der Waals surface area contributed by atoms with Crippen molar-refractivity contribution in [3.63, 3.8) is 0 Å². The number of aromatic nitrogens is 2. The molecule has 0 aliphatic carbocycles. The molecule has 193 valence electrons. The Morgan fingerprint density at radius 3 is 2.53 bits per heavy atom. The molecule has 0 bridgehead atoms. The number of rotatable bonds is 5. The second kappa shape index (κ2) is 11.1. The summed E-state index contributed by atoms with van der Waals surface area (Å²) in [6.07, 6.45) is -0.358. The summed E-state index contributed by atoms with van der Waals surface area (Å²) in [4.78, 5) is 23.2. The summed E-state index contributed by atoms with van der Waals surface area (Å²) in [6.45, 7) is 9.31. The van der Waals surface area contributed by atoms with Crippen LogP contribution >= 0.6 is 0 Å². The van der Waals surface area contributed by atoms with E-state index < -0.39 is 0 Å². The molecule has 6 rings (SSSR count). The molecule has 0 unspecified atom stereocenters. The minimum absolute atomic E-state index is 0. The monoisotopic (exact) mass is 525 g/mol. The topological polar surface area (TPSA) is 95.0 Å². The van der Waals surface area contributed by atoms with Crippen LogP contribution in [0.15, 0.2) is 36.4 Å². The predicted octanol–water partition coefficient (Wildman–Crippen LogP) is 3.76. The van der Waals surface area contributed by atoms with E-state index >= 15 is 0 Å². The molecule has 1 saturated heterocycles. The number of para-hydroxylation sites is 1. The fourth-order valence-electron chi connectivity index (χ4n) is 5.33. The molecule has 38 heavy (non-hydrogen) atoms. The molecule has 3 aliphatic heterocycles. The van der Waals surface area contributed by atoms with Gasteiger partial charge in [-0.25, -0.2) is 9.97 Å². The Labute approximate surface area is 244 Å². The molecular formula is C28H30N4NaO5. The third kappa shape index (κ3) is 5.08. The van der Waals surface area contributed by atoms with Crippen LogP contribution in [0.4, 0.5) is 11.6 Å². The number of carbonyl (C=O) groups excluding carboxylic acids is 1. The van der Waals surface area contributed by atoms with Gasteiger partial charge in [-0.15, -0.1) is 0 Å². The average Bonchev–Trinajstić information content (AvgIpc) is 3.48. The fraction of sp³-hybridized carbons (Fsp3) is 0.393. The largest absolute Gasteiger partial charge is 0.490 e. The molecule has 2 aromatic carbocycles. The van der Waals surface area contributed by atoms with Gasteiger partial charge in [0.2, 0.25) is 5.95 Å². The predicted molar refractivity (Wildman–Crippen MR) is 144 cm³/mol. The summed E-state index contributed by atoms with van der Waals surface area (Å²) in [6, 6.07) is 12.1. The van der Waals surface area contributed by atoms with E-state index in [4.69, 9.17) is 28.9 Å². The van der Waals surface area contributed by atoms with Crippen LogP contribution in [0, 0.1) is 13.8 Å². The van der Waals surface area contributed by atoms with Gasteiger partial charge in [0.25, 0.3) is 0 Å². The number of nitrogens with zero attached hydrogens (tertiary/aromatic N) is 3. The van der Waals surface area contributed by atoms with Crippen LogP contribution in [0.2, 0.25) is 0 Å². The molecule has 0 spiro atoms. The van der Waals surface area contributed by atoms with E-state index in [-0.39, 0.29) is 47.7 Å². The van der Waals surface area contributed by atoms with Gasteiger partial charge < -0.3 is 29.2 Å². The van der Waals surface area contributed by atoms with Crippen LogP contribution in [-0.4, -0.2) is 85.0 Å². The van der Waals surface area contributed by atoms with Gasteiger partial charge in [-0.2, -0.15) is 0 Å². The third-order valence-corrected chi connectivity index (χ3v) is 7.04. The quantitative estimate of drug-likeness (QED) is 0.395. The van der Waals surface area contributed by atoms with Crippen molar-refractivity contribution < 1.29 is 23.7 Å². The van der Waals surface area contributed by atoms with E-state index in [2.05, 4.69) is 28.4 Å². The number of fused-ring (bicyclic) bond motifs is 2. The Hall–Kier alpha value is -2.85. The van der Waals surface area contributed by atoms with E-state index in [1.807, 2.05) is 32.0 Å². The zero-order valence-corrected chi connectivity index (χ0v) is 24.2. The van der Waals surface area contributed by atoms with Crippen molar-refractivity contribution >= 4 is 47.2 Å². The van der Waals surface area contributed by atoms with Crippen molar-refractivity contribution in [1.82, 2.24) is 9.97 Å². The molecule has 3 aliphatic rings. The first-order valence-electron chi connectivity index (χ1n) is 12.6. The molecule has 1 N–H and O–H groups in total. The zero-order valence-electron chi connectivity index (χ0n) is 22.2. The molecule has 9 nitrogen and oxygen atoms in total. The number of anilines is 2. The van der Waals surface area contributed by atoms with Crippen molar-refractivity contribution in [3.8, 4) is 22.6 Å². The number of hydrogen-bond acceptors (Lipinski definition) is 9. The van der Waals surface area contributed by atoms with Crippen molar-refractivity contribution in [2.45, 2.75) is 32.9 Å². The maximum atomic E-state index is 11.4. The molecule has 1 fully saturated rings. The molecule has 3 aromatic rings. The van der Waals surface area contributed by atoms with Gasteiger partial charge in [0.05, 0.1) is 30.6 Å². The smallest absolute Gasteiger partial charge is 0.303 e. The summed E-state index contributed by atoms with van der Waals surface area (Å²) in [5.74, 6) is 2.03. The van der Waals surface area contributed by atoms with E-state index in [0.717, 1.165) is 69.9 Å². The summed E-state index contributed by atoms with van der Waals surface area (Å²) >= 11 is 0. The van der Waals surface area contributed by atoms with Crippen LogP contribution in [0.1, 0.15) is 41.6 Å². The van der Waals surface area contributed by atoms with Gasteiger partial charge in [-0.1, -0.05) is 18.2 Å². The van der Waals surface area contributed by atoms with Crippen LogP contribution in [0.5, 0.6) is 11.5 Å². The van der Waals surface area contributed by atoms with Gasteiger partial charge in [0.15, 0.2) is 6.10 Å². The van der Waals surface area contributed by atoms with E-state index in [0.29, 0.717) is 26.4 Å². The second-order valence-electron chi connectivity index (χ2n) is 9.56. The van der Waals surface area contributed by atoms with Crippen LogP contribution in [-0.2, 0) is 14.3 Å². The Kier molecular flexibility index (Phi) is 7.81. The number of benzene rings is 2. The molecule has 1 aromatic heterocycles. The molecule has 2 atom stereocenters. The Morgan fingerprint density at radius 1 is 1.03 bits per heavy atom. The van der Waals surface area contributed by atoms with Crippen molar-refractivity contribution in [2.75, 3.05) is 49.7 Å². The number of hydrogen-bond donors (Lipinski definition) is 1. The van der Waals surface area contributed by atoms with E-state index in [1.165, 1.54) is 6.92 Å². The van der Waals surface area contributed by atoms with Crippen molar-refractivity contribution in [2.24, 2.45) is 0 Å². The van der Waals surface area contributed by atoms with Crippen LogP contribution in [0.3, 0.4) is 0 Å². The van der Waals surface area contributed by atoms with E-state index in [1.54, 1.807) is 0 Å². The number of nitrogens with one attached hydrogen (secondary N) is 1. The van der Waals surface area contributed by atoms with E-state index in [9.17, 15) is 4.79 Å². The maximum Gasteiger partial charge on any atom is 0.303 e. The number of esters is 1. The van der Waals surface area contributed by atoms with Crippen LogP contribution < -0.4 is 19.7 Å². The van der Waals surface area contributed by atoms with Crippen molar-refractivity contribution in [3.05, 3.63) is 58.9 Å².